The van der Waals surface area contributed by atoms with Crippen molar-refractivity contribution in [1.82, 2.24) is 0 Å². The Bertz CT molecular complexity index is 4160. The van der Waals surface area contributed by atoms with Crippen LogP contribution in [0.2, 0.25) is 0 Å². The standard InChI is InChI=1S/C60H34O2/c1-4-20-44-39(16-1)41-18-3-10-26-50(41)59-57(44)58-45-21-5-2-17-40(45)42-30-28-36(33-52(42)60(58)62-59)35-14-13-15-37(32-35)55-46-22-6-8-24-48(46)56(49-25-9-7-23-47(49)55)38-29-31-54-51(34-38)43-19-11-12-27-53(43)61-54/h1-34H. The maximum atomic E-state index is 7.16. The highest BCUT2D eigenvalue weighted by atomic mass is 16.3. The molecule has 0 amide bonds. The average Bonchev–Trinajstić information content (AvgIpc) is 3.93. The third kappa shape index (κ3) is 4.64. The number of hydrogen-bond acceptors (Lipinski definition) is 2. The van der Waals surface area contributed by atoms with Crippen LogP contribution >= 0.6 is 0 Å². The molecule has 0 atom stereocenters. The molecular weight excluding hydrogens is 753 g/mol. The van der Waals surface area contributed by atoms with E-state index in [-0.39, 0.29) is 0 Å². The molecule has 0 saturated carbocycles. The number of hydrogen-bond donors (Lipinski definition) is 0. The lowest BCUT2D eigenvalue weighted by Gasteiger charge is -2.18. The minimum Gasteiger partial charge on any atom is -0.456 e. The van der Waals surface area contributed by atoms with Crippen molar-refractivity contribution in [3.8, 4) is 33.4 Å². The van der Waals surface area contributed by atoms with E-state index in [1.807, 2.05) is 12.1 Å². The van der Waals surface area contributed by atoms with Crippen LogP contribution in [0.25, 0.3) is 142 Å². The second-order valence-corrected chi connectivity index (χ2v) is 16.6. The van der Waals surface area contributed by atoms with Crippen LogP contribution in [0, 0.1) is 0 Å². The third-order valence-corrected chi connectivity index (χ3v) is 13.4. The van der Waals surface area contributed by atoms with Gasteiger partial charge in [0.1, 0.15) is 22.3 Å². The van der Waals surface area contributed by atoms with E-state index in [4.69, 9.17) is 8.83 Å². The van der Waals surface area contributed by atoms with E-state index in [1.165, 1.54) is 86.9 Å². The highest BCUT2D eigenvalue weighted by Gasteiger charge is 2.22. The van der Waals surface area contributed by atoms with Crippen molar-refractivity contribution >= 4 is 109 Å². The molecule has 2 heterocycles. The molecule has 0 fully saturated rings. The third-order valence-electron chi connectivity index (χ3n) is 13.4. The van der Waals surface area contributed by atoms with Crippen LogP contribution in [-0.2, 0) is 0 Å². The fourth-order valence-corrected chi connectivity index (χ4v) is 10.7. The Hall–Kier alpha value is -8.20. The van der Waals surface area contributed by atoms with Gasteiger partial charge >= 0.3 is 0 Å². The Morgan fingerprint density at radius 2 is 0.613 bits per heavy atom. The maximum absolute atomic E-state index is 7.16. The molecule has 0 saturated heterocycles. The van der Waals surface area contributed by atoms with Crippen LogP contribution in [0.4, 0.5) is 0 Å². The molecule has 0 bridgehead atoms. The predicted octanol–water partition coefficient (Wildman–Crippen LogP) is 17.4. The van der Waals surface area contributed by atoms with Gasteiger partial charge in [0, 0.05) is 32.3 Å². The summed E-state index contributed by atoms with van der Waals surface area (Å²) < 4.78 is 13.4. The molecule has 14 aromatic rings. The molecule has 2 heteroatoms. The topological polar surface area (TPSA) is 26.3 Å². The highest BCUT2D eigenvalue weighted by Crippen LogP contribution is 2.48. The number of rotatable bonds is 3. The molecular formula is C60H34O2. The minimum absolute atomic E-state index is 0.905. The lowest BCUT2D eigenvalue weighted by molar-refractivity contribution is 0.669. The zero-order valence-electron chi connectivity index (χ0n) is 33.4. The molecule has 62 heavy (non-hydrogen) atoms. The fraction of sp³-hybridized carbons (Fsp3) is 0. The van der Waals surface area contributed by atoms with Gasteiger partial charge in [0.25, 0.3) is 0 Å². The molecule has 2 aromatic heterocycles. The van der Waals surface area contributed by atoms with Crippen molar-refractivity contribution in [2.75, 3.05) is 0 Å². The first-order valence-corrected chi connectivity index (χ1v) is 21.3. The van der Waals surface area contributed by atoms with Gasteiger partial charge in [-0.05, 0) is 118 Å². The Morgan fingerprint density at radius 3 is 1.24 bits per heavy atom. The quantitative estimate of drug-likeness (QED) is 0.132. The number of benzene rings is 12. The van der Waals surface area contributed by atoms with Gasteiger partial charge < -0.3 is 8.83 Å². The van der Waals surface area contributed by atoms with Crippen LogP contribution in [0.3, 0.4) is 0 Å². The molecule has 0 N–H and O–H groups in total. The van der Waals surface area contributed by atoms with E-state index in [9.17, 15) is 0 Å². The molecule has 0 radical (unpaired) electrons. The van der Waals surface area contributed by atoms with E-state index in [1.54, 1.807) is 0 Å². The fourth-order valence-electron chi connectivity index (χ4n) is 10.7. The first kappa shape index (κ1) is 33.6. The van der Waals surface area contributed by atoms with Gasteiger partial charge in [-0.25, -0.2) is 0 Å². The zero-order chi connectivity index (χ0) is 40.5. The summed E-state index contributed by atoms with van der Waals surface area (Å²) in [5.41, 5.74) is 10.8. The Labute approximate surface area is 355 Å². The van der Waals surface area contributed by atoms with E-state index in [0.717, 1.165) is 55.0 Å². The lowest BCUT2D eigenvalue weighted by atomic mass is 9.85. The maximum Gasteiger partial charge on any atom is 0.143 e. The molecule has 0 aliphatic rings. The van der Waals surface area contributed by atoms with E-state index in [2.05, 4.69) is 194 Å². The van der Waals surface area contributed by atoms with Crippen LogP contribution in [0.5, 0.6) is 0 Å². The zero-order valence-corrected chi connectivity index (χ0v) is 33.4. The Balaban J connectivity index is 1.00. The van der Waals surface area contributed by atoms with Gasteiger partial charge in [0.05, 0.1) is 0 Å². The van der Waals surface area contributed by atoms with Crippen LogP contribution in [0.15, 0.2) is 215 Å². The van der Waals surface area contributed by atoms with Crippen LogP contribution in [-0.4, -0.2) is 0 Å². The molecule has 2 nitrogen and oxygen atoms in total. The van der Waals surface area contributed by atoms with E-state index >= 15 is 0 Å². The van der Waals surface area contributed by atoms with E-state index in [0.29, 0.717) is 0 Å². The molecule has 0 spiro atoms. The summed E-state index contributed by atoms with van der Waals surface area (Å²) >= 11 is 0. The van der Waals surface area contributed by atoms with E-state index < -0.39 is 0 Å². The summed E-state index contributed by atoms with van der Waals surface area (Å²) in [5.74, 6) is 0. The van der Waals surface area contributed by atoms with Gasteiger partial charge in [-0.15, -0.1) is 0 Å². The Kier molecular flexibility index (Phi) is 6.86. The summed E-state index contributed by atoms with van der Waals surface area (Å²) in [4.78, 5) is 0. The second kappa shape index (κ2) is 12.7. The van der Waals surface area contributed by atoms with Crippen molar-refractivity contribution in [3.63, 3.8) is 0 Å². The smallest absolute Gasteiger partial charge is 0.143 e. The molecule has 0 aliphatic heterocycles. The summed E-state index contributed by atoms with van der Waals surface area (Å²) in [5, 5.41) is 19.1. The summed E-state index contributed by atoms with van der Waals surface area (Å²) in [6.07, 6.45) is 0. The SMILES string of the molecule is c1cc(-c2ccc3c4ccccc4c4c(oc5c6ccccc6c6ccccc6c54)c3c2)cc(-c2c3ccccc3c(-c3ccc4oc5ccccc5c4c3)c3ccccc23)c1. The van der Waals surface area contributed by atoms with Gasteiger partial charge in [0.2, 0.25) is 0 Å². The number of fused-ring (bicyclic) bond motifs is 18. The van der Waals surface area contributed by atoms with Gasteiger partial charge in [-0.1, -0.05) is 176 Å². The molecule has 0 unspecified atom stereocenters. The van der Waals surface area contributed by atoms with Gasteiger partial charge in [-0.3, -0.25) is 0 Å². The molecule has 14 rings (SSSR count). The first-order chi connectivity index (χ1) is 30.8. The predicted molar refractivity (Wildman–Crippen MR) is 262 cm³/mol. The molecule has 286 valence electrons. The van der Waals surface area contributed by atoms with Crippen LogP contribution in [0.1, 0.15) is 0 Å². The largest absolute Gasteiger partial charge is 0.456 e. The second-order valence-electron chi connectivity index (χ2n) is 16.6. The van der Waals surface area contributed by atoms with Crippen molar-refractivity contribution in [3.05, 3.63) is 206 Å². The highest BCUT2D eigenvalue weighted by molar-refractivity contribution is 6.38. The summed E-state index contributed by atoms with van der Waals surface area (Å²) in [7, 11) is 0. The molecule has 0 aliphatic carbocycles. The van der Waals surface area contributed by atoms with Gasteiger partial charge in [0.15, 0.2) is 0 Å². The summed E-state index contributed by atoms with van der Waals surface area (Å²) in [6.45, 7) is 0. The molecule has 12 aromatic carbocycles. The van der Waals surface area contributed by atoms with Crippen molar-refractivity contribution in [1.29, 1.82) is 0 Å². The van der Waals surface area contributed by atoms with Crippen LogP contribution < -0.4 is 0 Å². The summed E-state index contributed by atoms with van der Waals surface area (Å²) in [6, 6.07) is 75.0. The average molecular weight is 787 g/mol. The van der Waals surface area contributed by atoms with Crippen molar-refractivity contribution in [2.45, 2.75) is 0 Å². The van der Waals surface area contributed by atoms with Gasteiger partial charge in [-0.2, -0.15) is 0 Å². The number of para-hydroxylation sites is 1. The Morgan fingerprint density at radius 1 is 0.210 bits per heavy atom. The lowest BCUT2D eigenvalue weighted by Crippen LogP contribution is -1.91. The number of furan rings is 2. The normalized spacial score (nSPS) is 12.2. The minimum atomic E-state index is 0.905. The van der Waals surface area contributed by atoms with Crippen molar-refractivity contribution < 1.29 is 8.83 Å². The monoisotopic (exact) mass is 786 g/mol. The van der Waals surface area contributed by atoms with Crippen molar-refractivity contribution in [2.24, 2.45) is 0 Å². The first-order valence-electron chi connectivity index (χ1n) is 21.3.